The summed E-state index contributed by atoms with van der Waals surface area (Å²) in [6, 6.07) is 15.6. The molecule has 0 saturated heterocycles. The lowest BCUT2D eigenvalue weighted by Gasteiger charge is -1.95. The normalized spacial score (nSPS) is 10.3. The second-order valence-corrected chi connectivity index (χ2v) is 3.92. The molecule has 0 fully saturated rings. The minimum absolute atomic E-state index is 0.0728. The van der Waals surface area contributed by atoms with Crippen LogP contribution in [0.1, 0.15) is 16.7 Å². The number of nitriles is 1. The van der Waals surface area contributed by atoms with Crippen LogP contribution >= 0.6 is 0 Å². The van der Waals surface area contributed by atoms with E-state index in [2.05, 4.69) is 6.07 Å². The zero-order valence-electron chi connectivity index (χ0n) is 9.98. The van der Waals surface area contributed by atoms with Crippen LogP contribution in [0.25, 0.3) is 12.2 Å². The Bertz CT molecular complexity index is 667. The smallest absolute Gasteiger partial charge is 0.258 e. The van der Waals surface area contributed by atoms with E-state index in [-0.39, 0.29) is 5.69 Å². The van der Waals surface area contributed by atoms with Gasteiger partial charge in [0.05, 0.1) is 16.6 Å². The highest BCUT2D eigenvalue weighted by Crippen LogP contribution is 2.14. The summed E-state index contributed by atoms with van der Waals surface area (Å²) in [5.74, 6) is 0. The fraction of sp³-hybridized carbons (Fsp3) is 0. The maximum absolute atomic E-state index is 10.5. The Morgan fingerprint density at radius 2 is 1.74 bits per heavy atom. The average molecular weight is 250 g/mol. The summed E-state index contributed by atoms with van der Waals surface area (Å²) < 4.78 is 0. The summed E-state index contributed by atoms with van der Waals surface area (Å²) in [6.45, 7) is 0. The number of hydrogen-bond acceptors (Lipinski definition) is 3. The van der Waals surface area contributed by atoms with E-state index in [9.17, 15) is 10.1 Å². The molecule has 0 unspecified atom stereocenters. The van der Waals surface area contributed by atoms with Gasteiger partial charge in [0, 0.05) is 12.1 Å². The van der Waals surface area contributed by atoms with Crippen LogP contribution in [-0.4, -0.2) is 4.92 Å². The molecule has 0 aromatic heterocycles. The van der Waals surface area contributed by atoms with Crippen molar-refractivity contribution in [3.05, 3.63) is 75.3 Å². The molecular formula is C15H10N2O2. The van der Waals surface area contributed by atoms with Gasteiger partial charge in [0.15, 0.2) is 0 Å². The second-order valence-electron chi connectivity index (χ2n) is 3.92. The first-order valence-corrected chi connectivity index (χ1v) is 5.62. The van der Waals surface area contributed by atoms with Crippen LogP contribution in [-0.2, 0) is 0 Å². The molecule has 0 atom stereocenters. The Balaban J connectivity index is 2.18. The van der Waals surface area contributed by atoms with E-state index in [1.165, 1.54) is 12.1 Å². The lowest BCUT2D eigenvalue weighted by Crippen LogP contribution is -1.86. The van der Waals surface area contributed by atoms with Gasteiger partial charge in [0.2, 0.25) is 0 Å². The summed E-state index contributed by atoms with van der Waals surface area (Å²) in [4.78, 5) is 10.1. The van der Waals surface area contributed by atoms with Crippen molar-refractivity contribution in [3.63, 3.8) is 0 Å². The van der Waals surface area contributed by atoms with Crippen molar-refractivity contribution in [1.82, 2.24) is 0 Å². The van der Waals surface area contributed by atoms with Crippen LogP contribution in [0.15, 0.2) is 48.5 Å². The molecule has 0 bridgehead atoms. The summed E-state index contributed by atoms with van der Waals surface area (Å²) in [5.41, 5.74) is 2.46. The van der Waals surface area contributed by atoms with Crippen molar-refractivity contribution in [2.24, 2.45) is 0 Å². The molecule has 0 aliphatic rings. The molecule has 0 N–H and O–H groups in total. The highest BCUT2D eigenvalue weighted by molar-refractivity contribution is 5.70. The molecule has 0 aliphatic heterocycles. The van der Waals surface area contributed by atoms with Gasteiger partial charge in [-0.3, -0.25) is 10.1 Å². The van der Waals surface area contributed by atoms with E-state index in [0.29, 0.717) is 5.56 Å². The van der Waals surface area contributed by atoms with Gasteiger partial charge in [-0.25, -0.2) is 0 Å². The molecule has 4 heteroatoms. The lowest BCUT2D eigenvalue weighted by atomic mass is 10.1. The maximum Gasteiger partial charge on any atom is 0.269 e. The topological polar surface area (TPSA) is 66.9 Å². The van der Waals surface area contributed by atoms with Gasteiger partial charge < -0.3 is 0 Å². The molecular weight excluding hydrogens is 240 g/mol. The summed E-state index contributed by atoms with van der Waals surface area (Å²) >= 11 is 0. The van der Waals surface area contributed by atoms with Crippen LogP contribution in [0, 0.1) is 21.4 Å². The molecule has 0 radical (unpaired) electrons. The van der Waals surface area contributed by atoms with Gasteiger partial charge >= 0.3 is 0 Å². The van der Waals surface area contributed by atoms with Gasteiger partial charge in [0.1, 0.15) is 0 Å². The first-order valence-electron chi connectivity index (χ1n) is 5.62. The number of nitro groups is 1. The standard InChI is InChI=1S/C15H10N2O2/c16-11-14-3-1-2-13(10-14)5-4-12-6-8-15(9-7-12)17(18)19/h1-10H/b5-4-. The van der Waals surface area contributed by atoms with E-state index >= 15 is 0 Å². The Labute approximate surface area is 110 Å². The fourth-order valence-corrected chi connectivity index (χ4v) is 1.61. The number of non-ortho nitro benzene ring substituents is 1. The molecule has 2 aromatic rings. The molecule has 4 nitrogen and oxygen atoms in total. The number of nitro benzene ring substituents is 1. The SMILES string of the molecule is N#Cc1cccc(/C=C\c2ccc([N+](=O)[O-])cc2)c1. The summed E-state index contributed by atoms with van der Waals surface area (Å²) in [5, 5.41) is 19.3. The number of hydrogen-bond donors (Lipinski definition) is 0. The molecule has 0 heterocycles. The second kappa shape index (κ2) is 5.61. The Morgan fingerprint density at radius 3 is 2.37 bits per heavy atom. The van der Waals surface area contributed by atoms with Gasteiger partial charge in [-0.05, 0) is 35.4 Å². The van der Waals surface area contributed by atoms with Crippen LogP contribution in [0.2, 0.25) is 0 Å². The van der Waals surface area contributed by atoms with Crippen molar-refractivity contribution in [3.8, 4) is 6.07 Å². The van der Waals surface area contributed by atoms with Gasteiger partial charge in [-0.15, -0.1) is 0 Å². The zero-order chi connectivity index (χ0) is 13.7. The molecule has 0 amide bonds. The number of nitrogens with zero attached hydrogens (tertiary/aromatic N) is 2. The van der Waals surface area contributed by atoms with E-state index in [4.69, 9.17) is 5.26 Å². The van der Waals surface area contributed by atoms with E-state index in [1.807, 2.05) is 24.3 Å². The van der Waals surface area contributed by atoms with Crippen molar-refractivity contribution >= 4 is 17.8 Å². The van der Waals surface area contributed by atoms with Crippen LogP contribution in [0.5, 0.6) is 0 Å². The summed E-state index contributed by atoms with van der Waals surface area (Å²) in [6.07, 6.45) is 3.71. The molecule has 0 saturated carbocycles. The Kier molecular flexibility index (Phi) is 3.70. The minimum atomic E-state index is -0.427. The van der Waals surface area contributed by atoms with E-state index < -0.39 is 4.92 Å². The molecule has 92 valence electrons. The lowest BCUT2D eigenvalue weighted by molar-refractivity contribution is -0.384. The van der Waals surface area contributed by atoms with E-state index in [1.54, 1.807) is 24.3 Å². The third-order valence-corrected chi connectivity index (χ3v) is 2.59. The predicted octanol–water partition coefficient (Wildman–Crippen LogP) is 3.64. The van der Waals surface area contributed by atoms with E-state index in [0.717, 1.165) is 11.1 Å². The van der Waals surface area contributed by atoms with Crippen molar-refractivity contribution in [2.45, 2.75) is 0 Å². The average Bonchev–Trinajstić information content (AvgIpc) is 2.46. The van der Waals surface area contributed by atoms with Crippen molar-refractivity contribution in [1.29, 1.82) is 5.26 Å². The quantitative estimate of drug-likeness (QED) is 0.474. The zero-order valence-corrected chi connectivity index (χ0v) is 9.98. The third-order valence-electron chi connectivity index (χ3n) is 2.59. The van der Waals surface area contributed by atoms with Crippen molar-refractivity contribution < 1.29 is 4.92 Å². The Hall–Kier alpha value is -2.93. The highest BCUT2D eigenvalue weighted by atomic mass is 16.6. The third kappa shape index (κ3) is 3.27. The fourth-order valence-electron chi connectivity index (χ4n) is 1.61. The van der Waals surface area contributed by atoms with Gasteiger partial charge in [-0.2, -0.15) is 5.26 Å². The van der Waals surface area contributed by atoms with Gasteiger partial charge in [0.25, 0.3) is 5.69 Å². The van der Waals surface area contributed by atoms with Gasteiger partial charge in [-0.1, -0.05) is 24.3 Å². The molecule has 19 heavy (non-hydrogen) atoms. The van der Waals surface area contributed by atoms with Crippen molar-refractivity contribution in [2.75, 3.05) is 0 Å². The first kappa shape index (κ1) is 12.5. The number of rotatable bonds is 3. The molecule has 2 rings (SSSR count). The maximum atomic E-state index is 10.5. The van der Waals surface area contributed by atoms with Crippen LogP contribution in [0.4, 0.5) is 5.69 Å². The predicted molar refractivity (Wildman–Crippen MR) is 73.2 cm³/mol. The highest BCUT2D eigenvalue weighted by Gasteiger charge is 2.02. The van der Waals surface area contributed by atoms with Crippen LogP contribution in [0.3, 0.4) is 0 Å². The number of benzene rings is 2. The molecule has 0 spiro atoms. The van der Waals surface area contributed by atoms with Crippen LogP contribution < -0.4 is 0 Å². The minimum Gasteiger partial charge on any atom is -0.258 e. The largest absolute Gasteiger partial charge is 0.269 e. The molecule has 0 aliphatic carbocycles. The monoisotopic (exact) mass is 250 g/mol. The first-order chi connectivity index (χ1) is 9.19. The molecule has 2 aromatic carbocycles. The Morgan fingerprint density at radius 1 is 1.05 bits per heavy atom. The summed E-state index contributed by atoms with van der Waals surface area (Å²) in [7, 11) is 0.